The van der Waals surface area contributed by atoms with E-state index in [0.29, 0.717) is 17.1 Å². The van der Waals surface area contributed by atoms with Gasteiger partial charge in [0.25, 0.3) is 5.91 Å². The Morgan fingerprint density at radius 1 is 0.970 bits per heavy atom. The maximum Gasteiger partial charge on any atom is 0.259 e. The van der Waals surface area contributed by atoms with Gasteiger partial charge in [-0.3, -0.25) is 4.79 Å². The Labute approximate surface area is 193 Å². The third-order valence-electron chi connectivity index (χ3n) is 5.36. The smallest absolute Gasteiger partial charge is 0.259 e. The Morgan fingerprint density at radius 2 is 1.58 bits per heavy atom. The van der Waals surface area contributed by atoms with Gasteiger partial charge in [0, 0.05) is 5.56 Å². The topological polar surface area (TPSA) is 76.4 Å². The molecule has 1 atom stereocenters. The summed E-state index contributed by atoms with van der Waals surface area (Å²) in [7, 11) is 0. The lowest BCUT2D eigenvalue weighted by Crippen LogP contribution is -2.29. The van der Waals surface area contributed by atoms with Gasteiger partial charge in [0.05, 0.1) is 18.3 Å². The van der Waals surface area contributed by atoms with E-state index in [2.05, 4.69) is 5.32 Å². The highest BCUT2D eigenvalue weighted by Gasteiger charge is 2.28. The summed E-state index contributed by atoms with van der Waals surface area (Å²) < 4.78 is 7.53. The van der Waals surface area contributed by atoms with Crippen LogP contribution in [0.3, 0.4) is 0 Å². The molecule has 4 aromatic rings. The molecule has 0 fully saturated rings. The van der Waals surface area contributed by atoms with Crippen LogP contribution < -0.4 is 10.1 Å². The average Bonchev–Trinajstić information content (AvgIpc) is 3.27. The first-order valence-electron chi connectivity index (χ1n) is 11.1. The van der Waals surface area contributed by atoms with Crippen molar-refractivity contribution in [3.8, 4) is 22.8 Å². The van der Waals surface area contributed by atoms with Crippen LogP contribution in [0, 0.1) is 0 Å². The number of nitrogens with zero attached hydrogens (tertiary/aromatic N) is 2. The van der Waals surface area contributed by atoms with E-state index >= 15 is 0 Å². The van der Waals surface area contributed by atoms with Crippen molar-refractivity contribution in [2.75, 3.05) is 13.2 Å². The Hall–Kier alpha value is -3.90. The molecule has 0 bridgehead atoms. The van der Waals surface area contributed by atoms with E-state index in [0.717, 1.165) is 23.2 Å². The number of benzene rings is 3. The summed E-state index contributed by atoms with van der Waals surface area (Å²) in [6.07, 6.45) is 0.732. The first-order valence-corrected chi connectivity index (χ1v) is 11.1. The minimum Gasteiger partial charge on any atom is -0.475 e. The van der Waals surface area contributed by atoms with Crippen LogP contribution in [0.1, 0.15) is 35.3 Å². The lowest BCUT2D eigenvalue weighted by molar-refractivity contribution is 0.0930. The van der Waals surface area contributed by atoms with Crippen molar-refractivity contribution in [1.82, 2.24) is 15.1 Å². The molecule has 6 nitrogen and oxygen atoms in total. The number of aliphatic hydroxyl groups is 1. The van der Waals surface area contributed by atoms with Crippen molar-refractivity contribution in [2.45, 2.75) is 19.4 Å². The summed E-state index contributed by atoms with van der Waals surface area (Å²) in [5, 5.41) is 17.4. The van der Waals surface area contributed by atoms with E-state index in [1.54, 1.807) is 4.68 Å². The molecule has 33 heavy (non-hydrogen) atoms. The molecule has 0 saturated heterocycles. The quantitative estimate of drug-likeness (QED) is 0.392. The van der Waals surface area contributed by atoms with E-state index in [4.69, 9.17) is 9.84 Å². The van der Waals surface area contributed by atoms with Gasteiger partial charge < -0.3 is 15.2 Å². The molecule has 4 rings (SSSR count). The lowest BCUT2D eigenvalue weighted by Gasteiger charge is -2.18. The number of nitrogens with one attached hydrogen (secondary N) is 1. The van der Waals surface area contributed by atoms with Gasteiger partial charge >= 0.3 is 0 Å². The Morgan fingerprint density at radius 3 is 2.18 bits per heavy atom. The maximum absolute atomic E-state index is 13.7. The van der Waals surface area contributed by atoms with Crippen molar-refractivity contribution in [2.24, 2.45) is 0 Å². The van der Waals surface area contributed by atoms with Gasteiger partial charge in [-0.2, -0.15) is 9.78 Å². The van der Waals surface area contributed by atoms with Crippen LogP contribution in [0.15, 0.2) is 91.0 Å². The number of rotatable bonds is 9. The molecule has 3 aromatic carbocycles. The van der Waals surface area contributed by atoms with E-state index in [1.807, 2.05) is 97.9 Å². The van der Waals surface area contributed by atoms with Crippen molar-refractivity contribution < 1.29 is 14.6 Å². The van der Waals surface area contributed by atoms with Gasteiger partial charge in [-0.05, 0) is 24.1 Å². The minimum absolute atomic E-state index is 0.0446. The second-order valence-electron chi connectivity index (χ2n) is 7.56. The molecule has 2 N–H and O–H groups in total. The van der Waals surface area contributed by atoms with E-state index in [1.165, 1.54) is 0 Å². The second-order valence-corrected chi connectivity index (χ2v) is 7.56. The molecule has 1 heterocycles. The monoisotopic (exact) mass is 441 g/mol. The number of carbonyl (C=O) groups is 1. The van der Waals surface area contributed by atoms with Crippen LogP contribution in [0.4, 0.5) is 0 Å². The van der Waals surface area contributed by atoms with Crippen LogP contribution in [0.2, 0.25) is 0 Å². The molecule has 0 saturated carbocycles. The standard InChI is InChI=1S/C27H27N3O3/c1-2-23(20-12-6-3-7-13-20)28-26(32)24-25(21-14-8-4-9-15-21)29-30(27(24)33-19-18-31)22-16-10-5-11-17-22/h3-17,23,31H,2,18-19H2,1H3,(H,28,32)/t23-/m0/s1. The number of ether oxygens (including phenoxy) is 1. The number of hydrogen-bond donors (Lipinski definition) is 2. The van der Waals surface area contributed by atoms with Crippen molar-refractivity contribution in [3.05, 3.63) is 102 Å². The van der Waals surface area contributed by atoms with Crippen LogP contribution in [0.5, 0.6) is 5.88 Å². The molecular formula is C27H27N3O3. The average molecular weight is 442 g/mol. The third kappa shape index (κ3) is 4.96. The third-order valence-corrected chi connectivity index (χ3v) is 5.36. The zero-order valence-corrected chi connectivity index (χ0v) is 18.5. The number of carbonyl (C=O) groups excluding carboxylic acids is 1. The molecule has 0 radical (unpaired) electrons. The fraction of sp³-hybridized carbons (Fsp3) is 0.185. The van der Waals surface area contributed by atoms with Gasteiger partial charge in [0.2, 0.25) is 5.88 Å². The largest absolute Gasteiger partial charge is 0.475 e. The second kappa shape index (κ2) is 10.6. The highest BCUT2D eigenvalue weighted by Crippen LogP contribution is 2.33. The van der Waals surface area contributed by atoms with E-state index in [9.17, 15) is 9.90 Å². The summed E-state index contributed by atoms with van der Waals surface area (Å²) in [5.74, 6) is 0.0224. The fourth-order valence-corrected chi connectivity index (χ4v) is 3.76. The number of amides is 1. The minimum atomic E-state index is -0.278. The van der Waals surface area contributed by atoms with Gasteiger partial charge in [0.1, 0.15) is 17.9 Å². The predicted molar refractivity (Wildman–Crippen MR) is 129 cm³/mol. The Balaban J connectivity index is 1.83. The maximum atomic E-state index is 13.7. The van der Waals surface area contributed by atoms with Gasteiger partial charge in [0.15, 0.2) is 0 Å². The lowest BCUT2D eigenvalue weighted by atomic mass is 10.0. The fourth-order valence-electron chi connectivity index (χ4n) is 3.76. The molecule has 0 aliphatic carbocycles. The van der Waals surface area contributed by atoms with Crippen LogP contribution in [-0.4, -0.2) is 34.0 Å². The summed E-state index contributed by atoms with van der Waals surface area (Å²) in [6.45, 7) is 1.90. The molecule has 6 heteroatoms. The first kappa shape index (κ1) is 22.3. The number of aliphatic hydroxyl groups excluding tert-OH is 1. The summed E-state index contributed by atoms with van der Waals surface area (Å²) in [5.41, 5.74) is 3.46. The molecule has 0 aliphatic rings. The van der Waals surface area contributed by atoms with Crippen molar-refractivity contribution in [1.29, 1.82) is 0 Å². The van der Waals surface area contributed by atoms with Crippen molar-refractivity contribution >= 4 is 5.91 Å². The molecule has 0 unspecified atom stereocenters. The Bertz CT molecular complexity index is 1180. The number of aromatic nitrogens is 2. The van der Waals surface area contributed by atoms with Crippen LogP contribution >= 0.6 is 0 Å². The zero-order valence-electron chi connectivity index (χ0n) is 18.5. The van der Waals surface area contributed by atoms with Gasteiger partial charge in [-0.15, -0.1) is 0 Å². The summed E-state index contributed by atoms with van der Waals surface area (Å²) in [4.78, 5) is 13.7. The molecule has 1 amide bonds. The van der Waals surface area contributed by atoms with Gasteiger partial charge in [-0.1, -0.05) is 85.8 Å². The summed E-state index contributed by atoms with van der Waals surface area (Å²) >= 11 is 0. The summed E-state index contributed by atoms with van der Waals surface area (Å²) in [6, 6.07) is 28.8. The molecular weight excluding hydrogens is 414 g/mol. The molecule has 0 spiro atoms. The normalized spacial score (nSPS) is 11.7. The van der Waals surface area contributed by atoms with Crippen molar-refractivity contribution in [3.63, 3.8) is 0 Å². The number of hydrogen-bond acceptors (Lipinski definition) is 4. The van der Waals surface area contributed by atoms with Gasteiger partial charge in [-0.25, -0.2) is 0 Å². The van der Waals surface area contributed by atoms with Crippen LogP contribution in [0.25, 0.3) is 16.9 Å². The van der Waals surface area contributed by atoms with Crippen LogP contribution in [-0.2, 0) is 0 Å². The molecule has 1 aromatic heterocycles. The first-order chi connectivity index (χ1) is 16.2. The molecule has 168 valence electrons. The SMILES string of the molecule is CC[C@H](NC(=O)c1c(-c2ccccc2)nn(-c2ccccc2)c1OCCO)c1ccccc1. The zero-order chi connectivity index (χ0) is 23.0. The molecule has 0 aliphatic heterocycles. The van der Waals surface area contributed by atoms with E-state index in [-0.39, 0.29) is 25.2 Å². The number of para-hydroxylation sites is 1. The highest BCUT2D eigenvalue weighted by molar-refractivity contribution is 6.02. The van der Waals surface area contributed by atoms with E-state index < -0.39 is 0 Å². The highest BCUT2D eigenvalue weighted by atomic mass is 16.5. The Kier molecular flexibility index (Phi) is 7.17. The predicted octanol–water partition coefficient (Wildman–Crippen LogP) is 4.79.